The number of ketones is 2. The highest BCUT2D eigenvalue weighted by Gasteiger charge is 2.24. The highest BCUT2D eigenvalue weighted by atomic mass is 32.2. The van der Waals surface area contributed by atoms with Crippen LogP contribution in [0.1, 0.15) is 60.7 Å². The maximum atomic E-state index is 14.5. The van der Waals surface area contributed by atoms with Gasteiger partial charge in [0.15, 0.2) is 22.6 Å². The molecule has 31 heteroatoms. The van der Waals surface area contributed by atoms with Gasteiger partial charge >= 0.3 is 5.97 Å². The van der Waals surface area contributed by atoms with Crippen LogP contribution in [-0.2, 0) is 21.4 Å². The summed E-state index contributed by atoms with van der Waals surface area (Å²) < 4.78 is 23.1. The molecule has 1 saturated heterocycles. The Labute approximate surface area is 627 Å². The van der Waals surface area contributed by atoms with Crippen LogP contribution in [-0.4, -0.2) is 188 Å². The van der Waals surface area contributed by atoms with Crippen LogP contribution >= 0.6 is 58.8 Å². The third-order valence-electron chi connectivity index (χ3n) is 15.5. The van der Waals surface area contributed by atoms with Crippen LogP contribution in [0.25, 0.3) is 50.6 Å². The van der Waals surface area contributed by atoms with Gasteiger partial charge < -0.3 is 44.1 Å². The lowest BCUT2D eigenvalue weighted by Gasteiger charge is -2.34. The third kappa shape index (κ3) is 22.8. The molecule has 1 atom stereocenters. The number of esters is 1. The van der Waals surface area contributed by atoms with Crippen LogP contribution in [0, 0.1) is 12.7 Å². The molecule has 1 unspecified atom stereocenters. The summed E-state index contributed by atoms with van der Waals surface area (Å²) in [7, 11) is 5.35. The molecule has 0 radical (unpaired) electrons. The number of aliphatic hydroxyl groups is 3. The lowest BCUT2D eigenvalue weighted by molar-refractivity contribution is -0.115. The molecular weight excluding hydrogens is 1430 g/mol. The molecule has 6 aromatic carbocycles. The maximum Gasteiger partial charge on any atom is 0.338 e. The molecule has 3 aliphatic heterocycles. The van der Waals surface area contributed by atoms with Gasteiger partial charge in [0.25, 0.3) is 0 Å². The molecule has 544 valence electrons. The Balaban J connectivity index is 0.000000152. The molecule has 3 aliphatic rings. The van der Waals surface area contributed by atoms with Gasteiger partial charge in [-0.3, -0.25) is 19.8 Å². The summed E-state index contributed by atoms with van der Waals surface area (Å²) in [6.07, 6.45) is 6.42. The Hall–Kier alpha value is -10.4. The van der Waals surface area contributed by atoms with Crippen LogP contribution < -0.4 is 4.90 Å². The lowest BCUT2D eigenvalue weighted by atomic mass is 9.98. The normalized spacial score (nSPS) is 13.4. The van der Waals surface area contributed by atoms with E-state index in [2.05, 4.69) is 109 Å². The lowest BCUT2D eigenvalue weighted by Crippen LogP contribution is -2.44. The summed E-state index contributed by atoms with van der Waals surface area (Å²) in [6, 6.07) is 39.8. The van der Waals surface area contributed by atoms with Crippen molar-refractivity contribution in [1.82, 2.24) is 59.6 Å². The second-order valence-corrected chi connectivity index (χ2v) is 29.0. The monoisotopic (exact) mass is 1510 g/mol. The zero-order chi connectivity index (χ0) is 75.1. The van der Waals surface area contributed by atoms with Crippen molar-refractivity contribution in [2.24, 2.45) is 27.5 Å². The number of H-pyrrole nitrogens is 2. The number of aromatic hydroxyl groups is 1. The average Bonchev–Trinajstić information content (AvgIpc) is 1.09. The van der Waals surface area contributed by atoms with E-state index in [1.165, 1.54) is 78.4 Å². The fraction of sp³-hybridized carbons (Fsp3) is 0.243. The standard InChI is InChI=1S/C17H21FN4OS.C16H14N2O2S.C14H13N5OS.C14H17N3OS.C13H13N3O3S/c1-12(23)11-24-17-10-16(19-20-17)14-4-3-13(9-15(14)18)22-7-5-21(2)6-8-22;1-10(19)9-21-15-8-13(17-18-15)16-12-5-3-2-4-11(12)6-7-14(16)20;1-10(20)8-21-14-16-13(17-18-14)11-2-4-12(5-3-11)19-7-6-15-9-19;1-9-6-5-7-12(8-9)13-15-16-14(17(13)4)19-11(3)10(2)18;1-8(17)7-20-13-14-11(15-16-13)9-5-3-4-6-10(9)12(18)19-2/h3-4,9,23H,1,5-8,10-11H2,2H3;2-7,19-20H,1,8-9H2;2-7,9H,8H2,1H3,(H,16,17,18);5-8,11,18H,2H2,1,3-4H3;3-6H,7H2,1-2H3,(H,14,15,16). The van der Waals surface area contributed by atoms with E-state index >= 15 is 0 Å². The molecule has 6 N–H and O–H groups in total. The summed E-state index contributed by atoms with van der Waals surface area (Å²) >= 11 is 6.79. The van der Waals surface area contributed by atoms with Gasteiger partial charge in [-0.2, -0.15) is 10.2 Å². The van der Waals surface area contributed by atoms with E-state index in [-0.39, 0.29) is 45.7 Å². The SMILES string of the molecule is C=C(O)C(C)Sc1nnc(-c2cccc(C)c2)n1C.C=C(O)CSC1=NN=C(c2c(O)ccc3ccccc23)C1.C=C(O)CSC1=NN=C(c2ccc(N3CCN(C)CC3)cc2F)C1.CC(=O)CSc1n[nH]c(-c2ccc(-n3ccnc3)cc2)n1.COC(=O)c1ccccc1-c1nc(SCC(C)=O)n[nH]1. The number of piperazine rings is 1. The molecule has 4 aromatic heterocycles. The van der Waals surface area contributed by atoms with Crippen molar-refractivity contribution in [3.63, 3.8) is 0 Å². The maximum absolute atomic E-state index is 14.5. The van der Waals surface area contributed by atoms with E-state index in [0.29, 0.717) is 80.2 Å². The molecule has 0 saturated carbocycles. The van der Waals surface area contributed by atoms with Crippen LogP contribution in [0.4, 0.5) is 10.1 Å². The van der Waals surface area contributed by atoms with Crippen molar-refractivity contribution in [3.8, 4) is 45.6 Å². The number of rotatable bonds is 21. The van der Waals surface area contributed by atoms with E-state index in [0.717, 1.165) is 91.8 Å². The van der Waals surface area contributed by atoms with Crippen LogP contribution in [0.5, 0.6) is 5.75 Å². The molecule has 0 spiro atoms. The van der Waals surface area contributed by atoms with Gasteiger partial charge in [-0.05, 0) is 106 Å². The van der Waals surface area contributed by atoms with Crippen molar-refractivity contribution in [1.29, 1.82) is 0 Å². The predicted molar refractivity (Wildman–Crippen MR) is 421 cm³/mol. The van der Waals surface area contributed by atoms with Gasteiger partial charge in [0, 0.05) is 97.7 Å². The summed E-state index contributed by atoms with van der Waals surface area (Å²) in [5.74, 6) is 3.49. The molecule has 10 aromatic rings. The van der Waals surface area contributed by atoms with Gasteiger partial charge in [-0.25, -0.2) is 24.1 Å². The predicted octanol–water partition coefficient (Wildman–Crippen LogP) is 14.4. The van der Waals surface area contributed by atoms with Crippen LogP contribution in [0.15, 0.2) is 219 Å². The number of carbonyl (C=O) groups is 3. The number of fused-ring (bicyclic) bond motifs is 1. The Morgan fingerprint density at radius 2 is 1.28 bits per heavy atom. The van der Waals surface area contributed by atoms with Gasteiger partial charge in [-0.1, -0.05) is 127 Å². The number of aryl methyl sites for hydroxylation is 1. The summed E-state index contributed by atoms with van der Waals surface area (Å²) in [5, 5.41) is 81.7. The van der Waals surface area contributed by atoms with Gasteiger partial charge in [0.05, 0.1) is 76.0 Å². The smallest absolute Gasteiger partial charge is 0.338 e. The zero-order valence-electron chi connectivity index (χ0n) is 58.7. The van der Waals surface area contributed by atoms with Gasteiger partial charge in [0.1, 0.15) is 33.2 Å². The second-order valence-electron chi connectivity index (χ2n) is 23.7. The first-order chi connectivity index (χ1) is 50.5. The topological polar surface area (TPSA) is 329 Å². The number of phenolic OH excluding ortho intramolecular Hbond substituents is 1. The minimum atomic E-state index is -0.435. The number of likely N-dealkylation sites (N-methyl/N-ethyl adjacent to an activating group) is 1. The quantitative estimate of drug-likeness (QED) is 0.0221. The Morgan fingerprint density at radius 1 is 0.657 bits per heavy atom. The third-order valence-corrected chi connectivity index (χ3v) is 20.7. The average molecular weight is 1510 g/mol. The van der Waals surface area contributed by atoms with Crippen molar-refractivity contribution < 1.29 is 43.9 Å². The number of aliphatic hydroxyl groups excluding tert-OH is 3. The molecule has 105 heavy (non-hydrogen) atoms. The number of nitrogens with zero attached hydrogens (tertiary/aromatic N) is 15. The highest BCUT2D eigenvalue weighted by molar-refractivity contribution is 8.14. The zero-order valence-corrected chi connectivity index (χ0v) is 62.8. The molecule has 13 rings (SSSR count). The van der Waals surface area contributed by atoms with E-state index in [1.54, 1.807) is 61.9 Å². The molecule has 0 aliphatic carbocycles. The Bertz CT molecular complexity index is 4860. The van der Waals surface area contributed by atoms with Gasteiger partial charge in [-0.15, -0.1) is 54.1 Å². The molecule has 25 nitrogen and oxygen atoms in total. The first-order valence-electron chi connectivity index (χ1n) is 32.6. The fourth-order valence-corrected chi connectivity index (χ4v) is 13.4. The van der Waals surface area contributed by atoms with Crippen molar-refractivity contribution in [3.05, 3.63) is 211 Å². The van der Waals surface area contributed by atoms with E-state index < -0.39 is 5.97 Å². The number of benzene rings is 6. The minimum absolute atomic E-state index is 0.0521. The largest absolute Gasteiger partial charge is 0.512 e. The molecule has 0 bridgehead atoms. The van der Waals surface area contributed by atoms with E-state index in [4.69, 9.17) is 14.9 Å². The number of imidazole rings is 1. The van der Waals surface area contributed by atoms with Gasteiger partial charge in [0.2, 0.25) is 10.3 Å². The number of thioether (sulfide) groups is 5. The van der Waals surface area contributed by atoms with Crippen molar-refractivity contribution in [2.45, 2.75) is 61.3 Å². The number of methoxy groups -OCH3 is 1. The summed E-state index contributed by atoms with van der Waals surface area (Å²) in [4.78, 5) is 50.7. The number of hydrogen-bond acceptors (Lipinski definition) is 26. The number of halogens is 1. The number of hydrogen-bond donors (Lipinski definition) is 6. The number of ether oxygens (including phenoxy) is 1. The fourth-order valence-electron chi connectivity index (χ4n) is 10.1. The molecular formula is C74H78FN17O8S5. The Kier molecular flexibility index (Phi) is 28.7. The number of aromatic nitrogens is 11. The summed E-state index contributed by atoms with van der Waals surface area (Å²) in [5.41, 5.74) is 8.74. The number of anilines is 1. The van der Waals surface area contributed by atoms with Crippen LogP contribution in [0.2, 0.25) is 0 Å². The summed E-state index contributed by atoms with van der Waals surface area (Å²) in [6.45, 7) is 21.2. The van der Waals surface area contributed by atoms with E-state index in [1.807, 2.05) is 115 Å². The van der Waals surface area contributed by atoms with E-state index in [9.17, 15) is 29.0 Å². The number of carbonyl (C=O) groups excluding carboxylic acids is 3. The van der Waals surface area contributed by atoms with Crippen LogP contribution in [0.3, 0.4) is 0 Å². The number of nitrogens with one attached hydrogen (secondary N) is 2. The number of Topliss-reactive ketones (excluding diaryl/α,β-unsaturated/α-hetero) is 2. The molecule has 1 fully saturated rings. The van der Waals surface area contributed by atoms with Crippen molar-refractivity contribution >= 4 is 114 Å². The minimum Gasteiger partial charge on any atom is -0.512 e. The first-order valence-corrected chi connectivity index (χ1v) is 37.4. The van der Waals surface area contributed by atoms with Crippen molar-refractivity contribution in [2.75, 3.05) is 68.2 Å². The number of phenols is 1. The second kappa shape index (κ2) is 38.4. The highest BCUT2D eigenvalue weighted by Crippen LogP contribution is 2.33. The molecule has 7 heterocycles. The number of aromatic amines is 2. The Morgan fingerprint density at radius 3 is 1.90 bits per heavy atom. The molecule has 0 amide bonds. The first kappa shape index (κ1) is 78.7.